The van der Waals surface area contributed by atoms with Gasteiger partial charge in [0.1, 0.15) is 15.8 Å². The lowest BCUT2D eigenvalue weighted by Crippen LogP contribution is -2.33. The molecule has 118 valence electrons. The van der Waals surface area contributed by atoms with Gasteiger partial charge in [0.05, 0.1) is 26.0 Å². The topological polar surface area (TPSA) is 57.2 Å². The van der Waals surface area contributed by atoms with E-state index < -0.39 is 10.1 Å². The monoisotopic (exact) mass is 311 g/mol. The number of hydrogen-bond acceptors (Lipinski definition) is 3. The van der Waals surface area contributed by atoms with E-state index in [4.69, 9.17) is 0 Å². The van der Waals surface area contributed by atoms with Crippen LogP contribution in [0.2, 0.25) is 0 Å². The maximum Gasteiger partial charge on any atom is 0.124 e. The molecule has 0 atom stereocenters. The van der Waals surface area contributed by atoms with Gasteiger partial charge in [-0.05, 0) is 44.4 Å². The smallest absolute Gasteiger partial charge is 0.124 e. The molecule has 0 heterocycles. The molecule has 0 aromatic heterocycles. The minimum Gasteiger partial charge on any atom is -0.744 e. The number of rotatable bonds is 2. The second-order valence-corrected chi connectivity index (χ2v) is 7.60. The molecular weight excluding hydrogens is 286 g/mol. The maximum atomic E-state index is 10.4. The normalized spacial score (nSPS) is 15.8. The maximum absolute atomic E-state index is 10.4. The number of aryl methyl sites for hydroxylation is 1. The van der Waals surface area contributed by atoms with E-state index in [-0.39, 0.29) is 4.90 Å². The van der Waals surface area contributed by atoms with Crippen LogP contribution in [-0.4, -0.2) is 38.6 Å². The Kier molecular flexibility index (Phi) is 6.13. The summed E-state index contributed by atoms with van der Waals surface area (Å²) in [7, 11) is 2.47. The molecule has 0 amide bonds. The van der Waals surface area contributed by atoms with E-state index in [1.807, 2.05) is 6.92 Å². The van der Waals surface area contributed by atoms with E-state index in [9.17, 15) is 13.0 Å². The average molecular weight is 311 g/mol. The van der Waals surface area contributed by atoms with Crippen molar-refractivity contribution >= 4 is 10.1 Å². The summed E-state index contributed by atoms with van der Waals surface area (Å²) in [6.07, 6.45) is 7.79. The van der Waals surface area contributed by atoms with Gasteiger partial charge >= 0.3 is 0 Å². The predicted octanol–water partition coefficient (Wildman–Crippen LogP) is 3.05. The molecule has 5 heteroatoms. The van der Waals surface area contributed by atoms with Crippen molar-refractivity contribution in [1.82, 2.24) is 0 Å². The Hall–Kier alpha value is -1.17. The van der Waals surface area contributed by atoms with E-state index >= 15 is 0 Å². The lowest BCUT2D eigenvalue weighted by atomic mass is 10.0. The summed E-state index contributed by atoms with van der Waals surface area (Å²) in [6.45, 7) is 1.82. The number of quaternary nitrogens is 1. The Balaban J connectivity index is 0.000000211. The van der Waals surface area contributed by atoms with Gasteiger partial charge in [0, 0.05) is 6.42 Å². The van der Waals surface area contributed by atoms with Crippen LogP contribution in [0, 0.1) is 6.92 Å². The second-order valence-electron chi connectivity index (χ2n) is 6.22. The molecule has 0 bridgehead atoms. The highest BCUT2D eigenvalue weighted by Crippen LogP contribution is 2.22. The van der Waals surface area contributed by atoms with Gasteiger partial charge in [-0.2, -0.15) is 0 Å². The Labute approximate surface area is 128 Å². The largest absolute Gasteiger partial charge is 0.744 e. The van der Waals surface area contributed by atoms with Gasteiger partial charge in [0.25, 0.3) is 0 Å². The van der Waals surface area contributed by atoms with Crippen LogP contribution in [0.25, 0.3) is 0 Å². The summed E-state index contributed by atoms with van der Waals surface area (Å²) in [4.78, 5) is -0.178. The van der Waals surface area contributed by atoms with Gasteiger partial charge in [0.2, 0.25) is 0 Å². The molecule has 0 fully saturated rings. The number of nitrogens with zero attached hydrogens (tertiary/aromatic N) is 1. The molecule has 4 nitrogen and oxygen atoms in total. The summed E-state index contributed by atoms with van der Waals surface area (Å²) in [5.74, 6) is 0. The van der Waals surface area contributed by atoms with E-state index in [2.05, 4.69) is 27.2 Å². The predicted molar refractivity (Wildman–Crippen MR) is 83.7 cm³/mol. The highest BCUT2D eigenvalue weighted by atomic mass is 32.2. The second kappa shape index (κ2) is 7.20. The molecule has 0 radical (unpaired) electrons. The van der Waals surface area contributed by atoms with Gasteiger partial charge in [0.15, 0.2) is 0 Å². The fourth-order valence-electron chi connectivity index (χ4n) is 2.14. The van der Waals surface area contributed by atoms with Crippen molar-refractivity contribution in [1.29, 1.82) is 0 Å². The van der Waals surface area contributed by atoms with Crippen LogP contribution in [0.1, 0.15) is 31.2 Å². The van der Waals surface area contributed by atoms with Gasteiger partial charge in [-0.25, -0.2) is 8.42 Å². The Morgan fingerprint density at radius 2 is 1.62 bits per heavy atom. The minimum absolute atomic E-state index is 0.178. The quantitative estimate of drug-likeness (QED) is 0.623. The molecule has 0 aliphatic heterocycles. The Bertz CT molecular complexity index is 581. The molecule has 1 aliphatic rings. The van der Waals surface area contributed by atoms with Crippen LogP contribution < -0.4 is 0 Å². The standard InChI is InChI=1S/C9H18N.C7H8O3S/c1-10(2,3)9-7-5-4-6-8-9;1-6-2-4-7(5-3-6)11(8,9)10/h7H,4-6,8H2,1-3H3;2-5H,1H3,(H,8,9,10)/q+1;/p-1. The zero-order valence-corrected chi connectivity index (χ0v) is 14.1. The van der Waals surface area contributed by atoms with Crippen LogP contribution in [0.4, 0.5) is 0 Å². The van der Waals surface area contributed by atoms with Crippen LogP contribution in [0.3, 0.4) is 0 Å². The molecule has 0 spiro atoms. The first-order valence-electron chi connectivity index (χ1n) is 7.14. The first-order chi connectivity index (χ1) is 9.60. The third-order valence-electron chi connectivity index (χ3n) is 3.44. The van der Waals surface area contributed by atoms with Crippen molar-refractivity contribution in [3.63, 3.8) is 0 Å². The fourth-order valence-corrected chi connectivity index (χ4v) is 2.60. The molecule has 1 aromatic rings. The van der Waals surface area contributed by atoms with E-state index in [1.165, 1.54) is 37.8 Å². The molecule has 21 heavy (non-hydrogen) atoms. The van der Waals surface area contributed by atoms with Crippen LogP contribution in [-0.2, 0) is 10.1 Å². The van der Waals surface area contributed by atoms with Crippen LogP contribution in [0.15, 0.2) is 40.9 Å². The number of hydrogen-bond donors (Lipinski definition) is 0. The Morgan fingerprint density at radius 1 is 1.05 bits per heavy atom. The van der Waals surface area contributed by atoms with Gasteiger partial charge in [-0.15, -0.1) is 0 Å². The SMILES string of the molecule is C[N+](C)(C)C1=CCCCC1.Cc1ccc(S(=O)(=O)[O-])cc1. The van der Waals surface area contributed by atoms with Gasteiger partial charge < -0.3 is 9.04 Å². The summed E-state index contributed by atoms with van der Waals surface area (Å²) in [5.41, 5.74) is 2.53. The molecule has 2 rings (SSSR count). The van der Waals surface area contributed by atoms with Gasteiger partial charge in [-0.3, -0.25) is 0 Å². The van der Waals surface area contributed by atoms with Crippen molar-refractivity contribution in [3.8, 4) is 0 Å². The summed E-state index contributed by atoms with van der Waals surface area (Å²) in [6, 6.07) is 5.78. The van der Waals surface area contributed by atoms with Gasteiger partial charge in [-0.1, -0.05) is 17.7 Å². The van der Waals surface area contributed by atoms with Crippen molar-refractivity contribution in [2.24, 2.45) is 0 Å². The number of benzene rings is 1. The number of allylic oxidation sites excluding steroid dienone is 2. The zero-order valence-electron chi connectivity index (χ0n) is 13.3. The lowest BCUT2D eigenvalue weighted by molar-refractivity contribution is -0.833. The molecule has 1 aromatic carbocycles. The van der Waals surface area contributed by atoms with Crippen molar-refractivity contribution in [2.75, 3.05) is 21.1 Å². The highest BCUT2D eigenvalue weighted by Gasteiger charge is 2.17. The summed E-state index contributed by atoms with van der Waals surface area (Å²) >= 11 is 0. The van der Waals surface area contributed by atoms with Crippen LogP contribution in [0.5, 0.6) is 0 Å². The fraction of sp³-hybridized carbons (Fsp3) is 0.500. The summed E-state index contributed by atoms with van der Waals surface area (Å²) in [5, 5.41) is 0. The molecule has 0 saturated carbocycles. The van der Waals surface area contributed by atoms with Crippen molar-refractivity contribution in [3.05, 3.63) is 41.6 Å². The molecule has 0 unspecified atom stereocenters. The lowest BCUT2D eigenvalue weighted by Gasteiger charge is -2.28. The zero-order chi connectivity index (χ0) is 16.1. The van der Waals surface area contributed by atoms with E-state index in [0.717, 1.165) is 10.0 Å². The van der Waals surface area contributed by atoms with Crippen LogP contribution >= 0.6 is 0 Å². The third kappa shape index (κ3) is 6.42. The highest BCUT2D eigenvalue weighted by molar-refractivity contribution is 7.85. The first kappa shape index (κ1) is 17.9. The third-order valence-corrected chi connectivity index (χ3v) is 4.29. The van der Waals surface area contributed by atoms with Crippen molar-refractivity contribution in [2.45, 2.75) is 37.5 Å². The average Bonchev–Trinajstić information content (AvgIpc) is 2.39. The first-order valence-corrected chi connectivity index (χ1v) is 8.55. The molecule has 1 aliphatic carbocycles. The summed E-state index contributed by atoms with van der Waals surface area (Å²) < 4.78 is 32.2. The minimum atomic E-state index is -4.27. The van der Waals surface area contributed by atoms with Crippen molar-refractivity contribution < 1.29 is 17.5 Å². The molecular formula is C16H25NO3S. The van der Waals surface area contributed by atoms with E-state index in [1.54, 1.807) is 17.8 Å². The molecule has 0 saturated heterocycles. The molecule has 0 N–H and O–H groups in total. The Morgan fingerprint density at radius 3 is 1.95 bits per heavy atom. The van der Waals surface area contributed by atoms with E-state index in [0.29, 0.717) is 0 Å².